The average Bonchev–Trinajstić information content (AvgIpc) is 3.18. The van der Waals surface area contributed by atoms with Gasteiger partial charge in [-0.2, -0.15) is 0 Å². The first-order valence-corrected chi connectivity index (χ1v) is 10.3. The van der Waals surface area contributed by atoms with Gasteiger partial charge in [0, 0.05) is 22.7 Å². The normalized spacial score (nSPS) is 10.7. The number of ether oxygens (including phenoxy) is 1. The first-order chi connectivity index (χ1) is 12.0. The molecule has 0 aliphatic heterocycles. The van der Waals surface area contributed by atoms with Crippen LogP contribution in [0.15, 0.2) is 33.9 Å². The number of thioether (sulfide) groups is 1. The van der Waals surface area contributed by atoms with Crippen LogP contribution in [0.5, 0.6) is 5.75 Å². The van der Waals surface area contributed by atoms with Gasteiger partial charge in [-0.3, -0.25) is 5.41 Å². The van der Waals surface area contributed by atoms with Gasteiger partial charge in [0.1, 0.15) is 11.6 Å². The van der Waals surface area contributed by atoms with E-state index in [9.17, 15) is 0 Å². The molecule has 0 spiro atoms. The molecular formula is C17H18N4OS3. The Bertz CT molecular complexity index is 917. The number of hydrogen-bond donors (Lipinski definition) is 3. The minimum atomic E-state index is 0.106. The number of rotatable bonds is 6. The summed E-state index contributed by atoms with van der Waals surface area (Å²) in [6, 6.07) is 7.74. The van der Waals surface area contributed by atoms with E-state index < -0.39 is 0 Å². The smallest absolute Gasteiger partial charge is 0.187 e. The number of amidine groups is 1. The first kappa shape index (κ1) is 17.8. The lowest BCUT2D eigenvalue weighted by Crippen LogP contribution is -2.10. The molecule has 1 aromatic carbocycles. The molecule has 0 atom stereocenters. The van der Waals surface area contributed by atoms with Gasteiger partial charge >= 0.3 is 0 Å². The summed E-state index contributed by atoms with van der Waals surface area (Å²) in [5, 5.41) is 13.9. The zero-order valence-electron chi connectivity index (χ0n) is 14.0. The highest BCUT2D eigenvalue weighted by Crippen LogP contribution is 2.42. The maximum Gasteiger partial charge on any atom is 0.187 e. The molecule has 0 unspecified atom stereocenters. The van der Waals surface area contributed by atoms with Gasteiger partial charge in [-0.05, 0) is 30.9 Å². The van der Waals surface area contributed by atoms with Crippen LogP contribution >= 0.6 is 34.4 Å². The second-order valence-corrected chi connectivity index (χ2v) is 8.18. The third kappa shape index (κ3) is 3.65. The number of thiophene rings is 1. The zero-order valence-corrected chi connectivity index (χ0v) is 16.5. The minimum Gasteiger partial charge on any atom is -0.497 e. The molecule has 130 valence electrons. The number of benzene rings is 1. The summed E-state index contributed by atoms with van der Waals surface area (Å²) < 4.78 is 6.37. The fourth-order valence-electron chi connectivity index (χ4n) is 2.45. The molecule has 4 N–H and O–H groups in total. The van der Waals surface area contributed by atoms with Crippen molar-refractivity contribution >= 4 is 51.1 Å². The van der Waals surface area contributed by atoms with Crippen LogP contribution in [-0.4, -0.2) is 24.2 Å². The number of nitrogens with one attached hydrogen (secondary N) is 2. The van der Waals surface area contributed by atoms with Gasteiger partial charge < -0.3 is 15.8 Å². The number of nitrogens with zero attached hydrogens (tertiary/aromatic N) is 1. The van der Waals surface area contributed by atoms with Crippen molar-refractivity contribution in [2.24, 2.45) is 5.73 Å². The van der Waals surface area contributed by atoms with Gasteiger partial charge in [0.2, 0.25) is 0 Å². The molecule has 0 radical (unpaired) electrons. The number of nitrogens with two attached hydrogens (primary N) is 1. The van der Waals surface area contributed by atoms with Crippen molar-refractivity contribution in [2.75, 3.05) is 18.7 Å². The Morgan fingerprint density at radius 3 is 2.88 bits per heavy atom. The summed E-state index contributed by atoms with van der Waals surface area (Å²) in [5.41, 5.74) is 9.62. The molecule has 0 amide bonds. The molecule has 2 aromatic heterocycles. The molecule has 25 heavy (non-hydrogen) atoms. The van der Waals surface area contributed by atoms with Crippen molar-refractivity contribution in [3.63, 3.8) is 0 Å². The first-order valence-electron chi connectivity index (χ1n) is 7.42. The summed E-state index contributed by atoms with van der Waals surface area (Å²) in [5.74, 6) is 0.903. The Morgan fingerprint density at radius 1 is 1.40 bits per heavy atom. The van der Waals surface area contributed by atoms with Crippen molar-refractivity contribution < 1.29 is 4.74 Å². The van der Waals surface area contributed by atoms with E-state index in [1.54, 1.807) is 41.5 Å². The van der Waals surface area contributed by atoms with Crippen molar-refractivity contribution in [3.8, 4) is 17.0 Å². The van der Waals surface area contributed by atoms with E-state index in [1.807, 2.05) is 42.8 Å². The summed E-state index contributed by atoms with van der Waals surface area (Å²) in [7, 11) is 1.65. The van der Waals surface area contributed by atoms with E-state index in [1.165, 1.54) is 0 Å². The molecule has 0 saturated carbocycles. The van der Waals surface area contributed by atoms with Crippen LogP contribution in [0.2, 0.25) is 0 Å². The highest BCUT2D eigenvalue weighted by atomic mass is 32.2. The van der Waals surface area contributed by atoms with Gasteiger partial charge in [-0.25, -0.2) is 4.98 Å². The zero-order chi connectivity index (χ0) is 18.0. The summed E-state index contributed by atoms with van der Waals surface area (Å²) in [6.07, 6.45) is 2.03. The molecule has 8 heteroatoms. The molecule has 2 heterocycles. The quantitative estimate of drug-likeness (QED) is 0.315. The third-order valence-corrected chi connectivity index (χ3v) is 6.83. The fourth-order valence-corrected chi connectivity index (χ4v) is 5.13. The van der Waals surface area contributed by atoms with Crippen LogP contribution in [0.1, 0.15) is 10.4 Å². The average molecular weight is 391 g/mol. The van der Waals surface area contributed by atoms with Crippen molar-refractivity contribution in [1.82, 2.24) is 4.98 Å². The van der Waals surface area contributed by atoms with E-state index in [0.29, 0.717) is 0 Å². The Hall–Kier alpha value is -2.03. The maximum absolute atomic E-state index is 7.75. The van der Waals surface area contributed by atoms with Crippen LogP contribution in [0, 0.1) is 12.3 Å². The predicted molar refractivity (Wildman–Crippen MR) is 109 cm³/mol. The maximum atomic E-state index is 7.75. The summed E-state index contributed by atoms with van der Waals surface area (Å²) >= 11 is 4.75. The largest absolute Gasteiger partial charge is 0.497 e. The van der Waals surface area contributed by atoms with Crippen LogP contribution < -0.4 is 15.8 Å². The van der Waals surface area contributed by atoms with Gasteiger partial charge in [-0.15, -0.1) is 34.4 Å². The van der Waals surface area contributed by atoms with E-state index in [2.05, 4.69) is 5.32 Å². The van der Waals surface area contributed by atoms with E-state index in [4.69, 9.17) is 20.9 Å². The van der Waals surface area contributed by atoms with E-state index in [-0.39, 0.29) is 5.84 Å². The van der Waals surface area contributed by atoms with Crippen molar-refractivity contribution in [3.05, 3.63) is 40.1 Å². The standard InChI is InChI=1S/C17H18N4OS3/c1-9-13(16(23-3)25-14(9)15(18)19)12-8-24-17(21-12)20-10-5-4-6-11(7-10)22-2/h4-8H,1-3H3,(H3,18,19)(H,20,21). The molecule has 5 nitrogen and oxygen atoms in total. The third-order valence-electron chi connectivity index (χ3n) is 3.63. The highest BCUT2D eigenvalue weighted by Gasteiger charge is 2.20. The number of thiazole rings is 1. The van der Waals surface area contributed by atoms with Crippen molar-refractivity contribution in [2.45, 2.75) is 11.1 Å². The van der Waals surface area contributed by atoms with Crippen LogP contribution in [0.4, 0.5) is 10.8 Å². The number of nitrogen functional groups attached to an aromatic ring is 1. The minimum absolute atomic E-state index is 0.106. The molecule has 3 rings (SSSR count). The lowest BCUT2D eigenvalue weighted by atomic mass is 10.1. The monoisotopic (exact) mass is 390 g/mol. The van der Waals surface area contributed by atoms with Gasteiger partial charge in [0.25, 0.3) is 0 Å². The van der Waals surface area contributed by atoms with E-state index in [0.717, 1.165) is 42.5 Å². The van der Waals surface area contributed by atoms with Gasteiger partial charge in [0.05, 0.1) is 21.9 Å². The predicted octanol–water partition coefficient (Wildman–Crippen LogP) is 4.94. The van der Waals surface area contributed by atoms with Crippen LogP contribution in [-0.2, 0) is 0 Å². The number of hydrogen-bond acceptors (Lipinski definition) is 7. The molecule has 0 aliphatic rings. The Kier molecular flexibility index (Phi) is 5.31. The molecule has 0 fully saturated rings. The number of aromatic nitrogens is 1. The van der Waals surface area contributed by atoms with Crippen LogP contribution in [0.3, 0.4) is 0 Å². The lowest BCUT2D eigenvalue weighted by Gasteiger charge is -2.05. The highest BCUT2D eigenvalue weighted by molar-refractivity contribution is 8.00. The number of anilines is 2. The molecule has 0 bridgehead atoms. The second-order valence-electron chi connectivity index (χ2n) is 5.23. The van der Waals surface area contributed by atoms with E-state index >= 15 is 0 Å². The molecule has 0 saturated heterocycles. The Labute approximate surface area is 158 Å². The molecular weight excluding hydrogens is 372 g/mol. The summed E-state index contributed by atoms with van der Waals surface area (Å²) in [4.78, 5) is 5.54. The Morgan fingerprint density at radius 2 is 2.20 bits per heavy atom. The van der Waals surface area contributed by atoms with Gasteiger partial charge in [0.15, 0.2) is 5.13 Å². The molecule has 0 aliphatic carbocycles. The Balaban J connectivity index is 1.92. The number of methoxy groups -OCH3 is 1. The van der Waals surface area contributed by atoms with Crippen LogP contribution in [0.25, 0.3) is 11.3 Å². The second kappa shape index (κ2) is 7.47. The summed E-state index contributed by atoms with van der Waals surface area (Å²) in [6.45, 7) is 2.00. The molecule has 3 aromatic rings. The lowest BCUT2D eigenvalue weighted by molar-refractivity contribution is 0.415. The fraction of sp³-hybridized carbons (Fsp3) is 0.176. The van der Waals surface area contributed by atoms with Crippen molar-refractivity contribution in [1.29, 1.82) is 5.41 Å². The SMILES string of the molecule is COc1cccc(Nc2nc(-c3c(SC)sc(C(=N)N)c3C)cs2)c1. The topological polar surface area (TPSA) is 84.0 Å². The van der Waals surface area contributed by atoms with Gasteiger partial charge in [-0.1, -0.05) is 6.07 Å².